The van der Waals surface area contributed by atoms with Gasteiger partial charge in [-0.05, 0) is 35.4 Å². The van der Waals surface area contributed by atoms with Crippen molar-refractivity contribution in [2.75, 3.05) is 13.7 Å². The summed E-state index contributed by atoms with van der Waals surface area (Å²) < 4.78 is 5.17. The van der Waals surface area contributed by atoms with Crippen molar-refractivity contribution in [3.05, 3.63) is 64.7 Å². The average molecular weight is 386 g/mol. The second kappa shape index (κ2) is 8.68. The van der Waals surface area contributed by atoms with Gasteiger partial charge in [0.15, 0.2) is 0 Å². The summed E-state index contributed by atoms with van der Waals surface area (Å²) in [6, 6.07) is 14.7. The number of rotatable bonds is 6. The third-order valence-corrected chi connectivity index (χ3v) is 4.45. The van der Waals surface area contributed by atoms with Crippen LogP contribution in [0.4, 0.5) is 0 Å². The molecule has 140 valence electrons. The number of halogens is 1. The molecule has 0 saturated heterocycles. The van der Waals surface area contributed by atoms with Crippen LogP contribution in [0.1, 0.15) is 24.0 Å². The highest BCUT2D eigenvalue weighted by Crippen LogP contribution is 2.17. The molecule has 7 heteroatoms. The standard InChI is InChI=1S/C20H20ClN3O3/c1-27-17-4-2-3-14(11-17)12-22-19(25)13-24-20(26)10-9-18(23-24)15-5-7-16(21)8-6-15/h2-8,11H,9-10,12-13H2,1H3,(H,22,25). The summed E-state index contributed by atoms with van der Waals surface area (Å²) in [6.45, 7) is 0.242. The van der Waals surface area contributed by atoms with Crippen LogP contribution in [0.15, 0.2) is 53.6 Å². The summed E-state index contributed by atoms with van der Waals surface area (Å²) in [5, 5.41) is 9.04. The molecular formula is C20H20ClN3O3. The van der Waals surface area contributed by atoms with Gasteiger partial charge in [-0.3, -0.25) is 9.59 Å². The van der Waals surface area contributed by atoms with E-state index in [0.717, 1.165) is 22.6 Å². The summed E-state index contributed by atoms with van der Waals surface area (Å²) in [4.78, 5) is 24.4. The molecule has 0 spiro atoms. The number of carbonyl (C=O) groups is 2. The molecule has 1 heterocycles. The SMILES string of the molecule is COc1cccc(CNC(=O)CN2N=C(c3ccc(Cl)cc3)CCC2=O)c1. The Kier molecular flexibility index (Phi) is 6.08. The van der Waals surface area contributed by atoms with E-state index in [1.165, 1.54) is 5.01 Å². The van der Waals surface area contributed by atoms with Gasteiger partial charge in [0.05, 0.1) is 12.8 Å². The molecule has 0 unspecified atom stereocenters. The fourth-order valence-corrected chi connectivity index (χ4v) is 2.87. The maximum Gasteiger partial charge on any atom is 0.243 e. The lowest BCUT2D eigenvalue weighted by Gasteiger charge is -2.23. The van der Waals surface area contributed by atoms with E-state index in [9.17, 15) is 9.59 Å². The molecule has 2 aromatic rings. The minimum absolute atomic E-state index is 0.111. The highest BCUT2D eigenvalue weighted by atomic mass is 35.5. The second-order valence-corrected chi connectivity index (χ2v) is 6.57. The molecule has 1 N–H and O–H groups in total. The molecule has 0 aliphatic carbocycles. The molecule has 0 aromatic heterocycles. The smallest absolute Gasteiger partial charge is 0.243 e. The summed E-state index contributed by atoms with van der Waals surface area (Å²) in [5.74, 6) is 0.293. The van der Waals surface area contributed by atoms with Crippen LogP contribution in [0.5, 0.6) is 5.75 Å². The van der Waals surface area contributed by atoms with Crippen molar-refractivity contribution in [1.29, 1.82) is 0 Å². The van der Waals surface area contributed by atoms with Crippen LogP contribution in [-0.2, 0) is 16.1 Å². The van der Waals surface area contributed by atoms with Crippen LogP contribution in [-0.4, -0.2) is 36.2 Å². The zero-order valence-corrected chi connectivity index (χ0v) is 15.7. The van der Waals surface area contributed by atoms with E-state index in [-0.39, 0.29) is 18.4 Å². The fourth-order valence-electron chi connectivity index (χ4n) is 2.75. The van der Waals surface area contributed by atoms with Crippen molar-refractivity contribution in [2.45, 2.75) is 19.4 Å². The molecule has 0 saturated carbocycles. The normalized spacial score (nSPS) is 13.9. The fraction of sp³-hybridized carbons (Fsp3) is 0.250. The van der Waals surface area contributed by atoms with Crippen LogP contribution >= 0.6 is 11.6 Å². The Labute approximate surface area is 162 Å². The Morgan fingerprint density at radius 2 is 2.00 bits per heavy atom. The van der Waals surface area contributed by atoms with E-state index in [1.54, 1.807) is 19.2 Å². The highest BCUT2D eigenvalue weighted by Gasteiger charge is 2.23. The molecule has 0 fully saturated rings. The van der Waals surface area contributed by atoms with Crippen LogP contribution in [0.2, 0.25) is 5.02 Å². The van der Waals surface area contributed by atoms with Crippen molar-refractivity contribution >= 4 is 29.1 Å². The Bertz CT molecular complexity index is 865. The van der Waals surface area contributed by atoms with E-state index in [4.69, 9.17) is 16.3 Å². The van der Waals surface area contributed by atoms with Gasteiger partial charge in [0.1, 0.15) is 12.3 Å². The topological polar surface area (TPSA) is 71.0 Å². The monoisotopic (exact) mass is 385 g/mol. The third kappa shape index (κ3) is 5.08. The lowest BCUT2D eigenvalue weighted by molar-refractivity contribution is -0.136. The molecule has 1 aliphatic heterocycles. The summed E-state index contributed by atoms with van der Waals surface area (Å²) in [5.41, 5.74) is 2.58. The van der Waals surface area contributed by atoms with Gasteiger partial charge in [-0.2, -0.15) is 5.10 Å². The zero-order valence-electron chi connectivity index (χ0n) is 14.9. The highest BCUT2D eigenvalue weighted by molar-refractivity contribution is 6.30. The van der Waals surface area contributed by atoms with Gasteiger partial charge in [0.25, 0.3) is 0 Å². The molecule has 0 radical (unpaired) electrons. The molecular weight excluding hydrogens is 366 g/mol. The number of hydrogen-bond acceptors (Lipinski definition) is 4. The second-order valence-electron chi connectivity index (χ2n) is 6.13. The van der Waals surface area contributed by atoms with Gasteiger partial charge in [0, 0.05) is 24.4 Å². The molecule has 2 amide bonds. The first-order valence-electron chi connectivity index (χ1n) is 8.58. The van der Waals surface area contributed by atoms with Crippen molar-refractivity contribution in [3.8, 4) is 5.75 Å². The summed E-state index contributed by atoms with van der Waals surface area (Å²) in [6.07, 6.45) is 0.868. The van der Waals surface area contributed by atoms with Gasteiger partial charge < -0.3 is 10.1 Å². The molecule has 0 bridgehead atoms. The number of amides is 2. The number of nitrogens with zero attached hydrogens (tertiary/aromatic N) is 2. The zero-order chi connectivity index (χ0) is 19.2. The number of hydrogen-bond donors (Lipinski definition) is 1. The Hall–Kier alpha value is -2.86. The van der Waals surface area contributed by atoms with Gasteiger partial charge in [0.2, 0.25) is 11.8 Å². The maximum absolute atomic E-state index is 12.2. The van der Waals surface area contributed by atoms with E-state index < -0.39 is 0 Å². The third-order valence-electron chi connectivity index (χ3n) is 4.20. The van der Waals surface area contributed by atoms with Crippen LogP contribution in [0.3, 0.4) is 0 Å². The molecule has 1 aliphatic rings. The van der Waals surface area contributed by atoms with Crippen LogP contribution < -0.4 is 10.1 Å². The Morgan fingerprint density at radius 3 is 2.74 bits per heavy atom. The predicted octanol–water partition coefficient (Wildman–Crippen LogP) is 2.99. The van der Waals surface area contributed by atoms with Crippen molar-refractivity contribution in [1.82, 2.24) is 10.3 Å². The first-order chi connectivity index (χ1) is 13.0. The molecule has 3 rings (SSSR count). The van der Waals surface area contributed by atoms with Crippen molar-refractivity contribution in [3.63, 3.8) is 0 Å². The maximum atomic E-state index is 12.2. The van der Waals surface area contributed by atoms with Gasteiger partial charge in [-0.25, -0.2) is 5.01 Å². The van der Waals surface area contributed by atoms with E-state index in [0.29, 0.717) is 24.4 Å². The number of carbonyl (C=O) groups excluding carboxylic acids is 2. The van der Waals surface area contributed by atoms with Crippen molar-refractivity contribution < 1.29 is 14.3 Å². The Morgan fingerprint density at radius 1 is 1.22 bits per heavy atom. The number of ether oxygens (including phenoxy) is 1. The number of hydrazone groups is 1. The van der Waals surface area contributed by atoms with E-state index >= 15 is 0 Å². The first kappa shape index (κ1) is 18.9. The van der Waals surface area contributed by atoms with E-state index in [2.05, 4.69) is 10.4 Å². The molecule has 0 atom stereocenters. The lowest BCUT2D eigenvalue weighted by Crippen LogP contribution is -2.40. The summed E-state index contributed by atoms with van der Waals surface area (Å²) >= 11 is 5.91. The first-order valence-corrected chi connectivity index (χ1v) is 8.96. The quantitative estimate of drug-likeness (QED) is 0.830. The summed E-state index contributed by atoms with van der Waals surface area (Å²) in [7, 11) is 1.59. The Balaban J connectivity index is 1.62. The predicted molar refractivity (Wildman–Crippen MR) is 104 cm³/mol. The van der Waals surface area contributed by atoms with Gasteiger partial charge in [-0.1, -0.05) is 35.9 Å². The van der Waals surface area contributed by atoms with E-state index in [1.807, 2.05) is 36.4 Å². The number of nitrogens with one attached hydrogen (secondary N) is 1. The van der Waals surface area contributed by atoms with Gasteiger partial charge >= 0.3 is 0 Å². The minimum Gasteiger partial charge on any atom is -0.497 e. The number of methoxy groups -OCH3 is 1. The molecule has 2 aromatic carbocycles. The van der Waals surface area contributed by atoms with Gasteiger partial charge in [-0.15, -0.1) is 0 Å². The van der Waals surface area contributed by atoms with Crippen LogP contribution in [0, 0.1) is 0 Å². The average Bonchev–Trinajstić information content (AvgIpc) is 2.69. The van der Waals surface area contributed by atoms with Crippen molar-refractivity contribution in [2.24, 2.45) is 5.10 Å². The minimum atomic E-state index is -0.271. The molecule has 27 heavy (non-hydrogen) atoms. The van der Waals surface area contributed by atoms with Crippen LogP contribution in [0.25, 0.3) is 0 Å². The number of benzene rings is 2. The lowest BCUT2D eigenvalue weighted by atomic mass is 10.0. The molecule has 6 nitrogen and oxygen atoms in total. The largest absolute Gasteiger partial charge is 0.497 e.